The van der Waals surface area contributed by atoms with Crippen molar-refractivity contribution in [3.8, 4) is 11.5 Å². The van der Waals surface area contributed by atoms with Crippen molar-refractivity contribution in [2.45, 2.75) is 25.3 Å². The van der Waals surface area contributed by atoms with Crippen LogP contribution in [0.15, 0.2) is 103 Å². The van der Waals surface area contributed by atoms with Crippen LogP contribution in [0.1, 0.15) is 17.0 Å². The van der Waals surface area contributed by atoms with Gasteiger partial charge in [0, 0.05) is 38.4 Å². The number of aromatic nitrogens is 2. The molecule has 6 rings (SSSR count). The highest BCUT2D eigenvalue weighted by molar-refractivity contribution is 7.88. The Morgan fingerprint density at radius 2 is 1.42 bits per heavy atom. The lowest BCUT2D eigenvalue weighted by molar-refractivity contribution is -0.274. The highest BCUT2D eigenvalue weighted by atomic mass is 32.2. The number of sulfonamides is 1. The molecule has 0 N–H and O–H groups in total. The maximum absolute atomic E-state index is 13.1. The summed E-state index contributed by atoms with van der Waals surface area (Å²) < 4.78 is 77.7. The Balaban J connectivity index is 1.23. The van der Waals surface area contributed by atoms with Crippen LogP contribution in [-0.2, 0) is 28.9 Å². The highest BCUT2D eigenvalue weighted by Crippen LogP contribution is 2.28. The topological polar surface area (TPSA) is 76.9 Å². The third-order valence-electron chi connectivity index (χ3n) is 7.61. The summed E-state index contributed by atoms with van der Waals surface area (Å²) in [6.07, 6.45) is -4.77. The molecule has 1 aromatic heterocycles. The van der Waals surface area contributed by atoms with E-state index in [4.69, 9.17) is 9.72 Å². The summed E-state index contributed by atoms with van der Waals surface area (Å²) >= 11 is 0. The summed E-state index contributed by atoms with van der Waals surface area (Å²) in [6, 6.07) is 30.2. The zero-order valence-corrected chi connectivity index (χ0v) is 25.0. The second-order valence-electron chi connectivity index (χ2n) is 10.7. The van der Waals surface area contributed by atoms with Crippen LogP contribution in [0.3, 0.4) is 0 Å². The Hall–Kier alpha value is -4.55. The number of rotatable bonds is 10. The van der Waals surface area contributed by atoms with E-state index in [1.807, 2.05) is 83.4 Å². The molecule has 8 nitrogen and oxygen atoms in total. The largest absolute Gasteiger partial charge is 0.573 e. The standard InChI is InChI=1S/C33H31F3N4O4S/c34-33(35,36)44-29-14-11-25(12-15-29)22-40-31-21-27(13-16-30(31)37-32(40)23-43-28-9-5-2-6-10-28)38-17-19-39(20-18-38)45(41,42)24-26-7-3-1-4-8-26/h1-16,21H,17-20,22-24H2. The predicted octanol–water partition coefficient (Wildman–Crippen LogP) is 6.21. The zero-order valence-electron chi connectivity index (χ0n) is 24.2. The van der Waals surface area contributed by atoms with Gasteiger partial charge in [-0.1, -0.05) is 60.7 Å². The van der Waals surface area contributed by atoms with E-state index in [1.165, 1.54) is 12.1 Å². The van der Waals surface area contributed by atoms with Gasteiger partial charge in [0.15, 0.2) is 0 Å². The van der Waals surface area contributed by atoms with Crippen molar-refractivity contribution in [2.24, 2.45) is 0 Å². The summed E-state index contributed by atoms with van der Waals surface area (Å²) in [4.78, 5) is 6.97. The van der Waals surface area contributed by atoms with Crippen molar-refractivity contribution in [1.29, 1.82) is 0 Å². The first-order chi connectivity index (χ1) is 21.6. The van der Waals surface area contributed by atoms with E-state index in [2.05, 4.69) is 9.64 Å². The average Bonchev–Trinajstić information content (AvgIpc) is 3.37. The number of halogens is 3. The van der Waals surface area contributed by atoms with Crippen molar-refractivity contribution in [2.75, 3.05) is 31.1 Å². The Bertz CT molecular complexity index is 1840. The number of imidazole rings is 1. The van der Waals surface area contributed by atoms with Crippen molar-refractivity contribution < 1.29 is 31.1 Å². The molecular weight excluding hydrogens is 605 g/mol. The number of hydrogen-bond donors (Lipinski definition) is 0. The highest BCUT2D eigenvalue weighted by Gasteiger charge is 2.31. The van der Waals surface area contributed by atoms with Crippen LogP contribution in [0.4, 0.5) is 18.9 Å². The molecule has 1 fully saturated rings. The van der Waals surface area contributed by atoms with Crippen LogP contribution in [0, 0.1) is 0 Å². The smallest absolute Gasteiger partial charge is 0.486 e. The molecule has 0 unspecified atom stereocenters. The van der Waals surface area contributed by atoms with Crippen LogP contribution in [0.2, 0.25) is 0 Å². The number of para-hydroxylation sites is 1. The third kappa shape index (κ3) is 7.58. The van der Waals surface area contributed by atoms with E-state index < -0.39 is 16.4 Å². The first-order valence-electron chi connectivity index (χ1n) is 14.4. The molecular formula is C33H31F3N4O4S. The molecule has 4 aromatic carbocycles. The molecule has 0 aliphatic carbocycles. The van der Waals surface area contributed by atoms with E-state index in [0.29, 0.717) is 44.3 Å². The van der Waals surface area contributed by atoms with Crippen LogP contribution < -0.4 is 14.4 Å². The zero-order chi connectivity index (χ0) is 31.4. The SMILES string of the molecule is O=S(=O)(Cc1ccccc1)N1CCN(c2ccc3nc(COc4ccccc4)n(Cc4ccc(OC(F)(F)F)cc4)c3c2)CC1. The molecule has 0 bridgehead atoms. The number of fused-ring (bicyclic) bond motifs is 1. The molecule has 2 heterocycles. The molecule has 0 saturated carbocycles. The lowest BCUT2D eigenvalue weighted by atomic mass is 10.2. The van der Waals surface area contributed by atoms with Crippen molar-refractivity contribution in [3.05, 3.63) is 120 Å². The minimum Gasteiger partial charge on any atom is -0.486 e. The number of alkyl halides is 3. The van der Waals surface area contributed by atoms with Gasteiger partial charge in [0.2, 0.25) is 10.0 Å². The number of ether oxygens (including phenoxy) is 2. The molecule has 0 amide bonds. The summed E-state index contributed by atoms with van der Waals surface area (Å²) in [7, 11) is -3.45. The fraction of sp³-hybridized carbons (Fsp3) is 0.242. The van der Waals surface area contributed by atoms with Gasteiger partial charge in [0.05, 0.1) is 16.8 Å². The van der Waals surface area contributed by atoms with E-state index in [1.54, 1.807) is 16.4 Å². The molecule has 234 valence electrons. The predicted molar refractivity (Wildman–Crippen MR) is 166 cm³/mol. The van der Waals surface area contributed by atoms with Gasteiger partial charge in [0.25, 0.3) is 0 Å². The Morgan fingerprint density at radius 1 is 0.756 bits per heavy atom. The van der Waals surface area contributed by atoms with Gasteiger partial charge in [-0.3, -0.25) is 0 Å². The fourth-order valence-electron chi connectivity index (χ4n) is 5.39. The normalized spacial score (nSPS) is 14.5. The molecule has 12 heteroatoms. The van der Waals surface area contributed by atoms with Gasteiger partial charge < -0.3 is 18.9 Å². The Labute approximate surface area is 259 Å². The second-order valence-corrected chi connectivity index (χ2v) is 12.7. The number of piperazine rings is 1. The first-order valence-corrected chi connectivity index (χ1v) is 16.0. The van der Waals surface area contributed by atoms with Gasteiger partial charge in [-0.25, -0.2) is 13.4 Å². The van der Waals surface area contributed by atoms with Crippen molar-refractivity contribution >= 4 is 26.7 Å². The average molecular weight is 637 g/mol. The van der Waals surface area contributed by atoms with E-state index in [-0.39, 0.29) is 18.1 Å². The summed E-state index contributed by atoms with van der Waals surface area (Å²) in [6.45, 7) is 2.31. The van der Waals surface area contributed by atoms with Crippen LogP contribution in [0.5, 0.6) is 11.5 Å². The van der Waals surface area contributed by atoms with Crippen LogP contribution >= 0.6 is 0 Å². The van der Waals surface area contributed by atoms with Gasteiger partial charge >= 0.3 is 6.36 Å². The summed E-state index contributed by atoms with van der Waals surface area (Å²) in [5.41, 5.74) is 4.01. The van der Waals surface area contributed by atoms with Crippen molar-refractivity contribution in [3.63, 3.8) is 0 Å². The number of benzene rings is 4. The monoisotopic (exact) mass is 636 g/mol. The number of anilines is 1. The molecule has 5 aromatic rings. The summed E-state index contributed by atoms with van der Waals surface area (Å²) in [5, 5.41) is 0. The molecule has 0 radical (unpaired) electrons. The second kappa shape index (κ2) is 12.8. The molecule has 1 saturated heterocycles. The first kappa shape index (κ1) is 30.5. The van der Waals surface area contributed by atoms with Crippen LogP contribution in [0.25, 0.3) is 11.0 Å². The molecule has 0 spiro atoms. The third-order valence-corrected chi connectivity index (χ3v) is 9.46. The number of hydrogen-bond acceptors (Lipinski definition) is 6. The van der Waals surface area contributed by atoms with E-state index in [9.17, 15) is 21.6 Å². The molecule has 1 aliphatic heterocycles. The number of nitrogens with zero attached hydrogens (tertiary/aromatic N) is 4. The fourth-order valence-corrected chi connectivity index (χ4v) is 6.90. The van der Waals surface area contributed by atoms with Gasteiger partial charge in [0.1, 0.15) is 23.9 Å². The van der Waals surface area contributed by atoms with Crippen molar-refractivity contribution in [1.82, 2.24) is 13.9 Å². The maximum Gasteiger partial charge on any atom is 0.573 e. The minimum atomic E-state index is -4.77. The molecule has 0 atom stereocenters. The lowest BCUT2D eigenvalue weighted by Crippen LogP contribution is -2.49. The van der Waals surface area contributed by atoms with E-state index in [0.717, 1.165) is 27.8 Å². The van der Waals surface area contributed by atoms with Gasteiger partial charge in [-0.2, -0.15) is 4.31 Å². The molecule has 1 aliphatic rings. The van der Waals surface area contributed by atoms with E-state index >= 15 is 0 Å². The Kier molecular flexibility index (Phi) is 8.68. The Morgan fingerprint density at radius 3 is 2.09 bits per heavy atom. The maximum atomic E-state index is 13.1. The molecule has 45 heavy (non-hydrogen) atoms. The quantitative estimate of drug-likeness (QED) is 0.181. The van der Waals surface area contributed by atoms with Gasteiger partial charge in [-0.05, 0) is 53.6 Å². The minimum absolute atomic E-state index is 0.0316. The van der Waals surface area contributed by atoms with Gasteiger partial charge in [-0.15, -0.1) is 13.2 Å². The lowest BCUT2D eigenvalue weighted by Gasteiger charge is -2.35. The van der Waals surface area contributed by atoms with Crippen LogP contribution in [-0.4, -0.2) is 54.8 Å². The summed E-state index contributed by atoms with van der Waals surface area (Å²) in [5.74, 6) is 1.02.